The summed E-state index contributed by atoms with van der Waals surface area (Å²) >= 11 is 2.16. The number of carbonyl (C=O) groups is 2. The number of benzene rings is 1. The van der Waals surface area contributed by atoms with Crippen LogP contribution in [-0.2, 0) is 4.74 Å². The third-order valence-electron chi connectivity index (χ3n) is 3.84. The number of nitrogens with zero attached hydrogens (tertiary/aromatic N) is 2. The molecule has 1 amide bonds. The van der Waals surface area contributed by atoms with E-state index in [-0.39, 0.29) is 11.7 Å². The van der Waals surface area contributed by atoms with Gasteiger partial charge in [-0.15, -0.1) is 0 Å². The maximum Gasteiger partial charge on any atom is 0.410 e. The molecule has 0 atom stereocenters. The number of carbonyl (C=O) groups excluding carboxylic acids is 1. The number of rotatable bonds is 2. The molecule has 0 aliphatic carbocycles. The zero-order valence-corrected chi connectivity index (χ0v) is 16.6. The van der Waals surface area contributed by atoms with Crippen LogP contribution >= 0.6 is 22.6 Å². The summed E-state index contributed by atoms with van der Waals surface area (Å²) < 4.78 is 6.33. The Morgan fingerprint density at radius 1 is 1.17 bits per heavy atom. The van der Waals surface area contributed by atoms with Gasteiger partial charge in [-0.3, -0.25) is 0 Å². The van der Waals surface area contributed by atoms with Gasteiger partial charge in [-0.2, -0.15) is 0 Å². The van der Waals surface area contributed by atoms with Crippen molar-refractivity contribution in [2.24, 2.45) is 0 Å². The number of piperazine rings is 1. The highest BCUT2D eigenvalue weighted by Gasteiger charge is 2.27. The second-order valence-corrected chi connectivity index (χ2v) is 8.02. The van der Waals surface area contributed by atoms with Crippen molar-refractivity contribution in [3.63, 3.8) is 0 Å². The lowest BCUT2D eigenvalue weighted by Gasteiger charge is -2.37. The van der Waals surface area contributed by atoms with E-state index >= 15 is 0 Å². The Morgan fingerprint density at radius 3 is 2.25 bits per heavy atom. The Kier molecular flexibility index (Phi) is 5.62. The van der Waals surface area contributed by atoms with Gasteiger partial charge in [0.05, 0.1) is 5.56 Å². The number of aromatic carboxylic acids is 1. The standard InChI is InChI=1S/C17H23IN2O4/c1-11-13(18)9-12(15(21)22)10-14(11)19-5-7-20(8-6-19)16(23)24-17(2,3)4/h9-10H,5-8H2,1-4H3,(H,21,22). The van der Waals surface area contributed by atoms with Crippen LogP contribution in [0.25, 0.3) is 0 Å². The molecule has 24 heavy (non-hydrogen) atoms. The molecule has 0 unspecified atom stereocenters. The first kappa shape index (κ1) is 18.8. The Balaban J connectivity index is 2.10. The molecule has 1 aliphatic heterocycles. The van der Waals surface area contributed by atoms with Crippen molar-refractivity contribution in [3.05, 3.63) is 26.8 Å². The van der Waals surface area contributed by atoms with E-state index < -0.39 is 11.6 Å². The molecular formula is C17H23IN2O4. The molecule has 0 bridgehead atoms. The summed E-state index contributed by atoms with van der Waals surface area (Å²) in [6.45, 7) is 9.96. The van der Waals surface area contributed by atoms with Crippen LogP contribution in [0.3, 0.4) is 0 Å². The fourth-order valence-electron chi connectivity index (χ4n) is 2.57. The molecule has 1 aliphatic rings. The first-order valence-electron chi connectivity index (χ1n) is 7.85. The quantitative estimate of drug-likeness (QED) is 0.706. The van der Waals surface area contributed by atoms with Crippen LogP contribution in [0.15, 0.2) is 12.1 Å². The van der Waals surface area contributed by atoms with Crippen molar-refractivity contribution in [3.8, 4) is 0 Å². The lowest BCUT2D eigenvalue weighted by molar-refractivity contribution is 0.0240. The molecule has 1 aromatic rings. The monoisotopic (exact) mass is 446 g/mol. The van der Waals surface area contributed by atoms with Gasteiger partial charge in [0.15, 0.2) is 0 Å². The number of carboxylic acids is 1. The Bertz CT molecular complexity index is 647. The van der Waals surface area contributed by atoms with Crippen molar-refractivity contribution < 1.29 is 19.4 Å². The van der Waals surface area contributed by atoms with Gasteiger partial charge < -0.3 is 19.6 Å². The van der Waals surface area contributed by atoms with Gasteiger partial charge in [-0.05, 0) is 68.0 Å². The predicted octanol–water partition coefficient (Wildman–Crippen LogP) is 3.35. The van der Waals surface area contributed by atoms with E-state index in [1.165, 1.54) is 0 Å². The fourth-order valence-corrected chi connectivity index (χ4v) is 3.18. The number of hydrogen-bond acceptors (Lipinski definition) is 4. The Labute approximate surface area is 155 Å². The van der Waals surface area contributed by atoms with Gasteiger partial charge in [0.25, 0.3) is 0 Å². The van der Waals surface area contributed by atoms with Gasteiger partial charge in [-0.1, -0.05) is 0 Å². The summed E-state index contributed by atoms with van der Waals surface area (Å²) in [6, 6.07) is 3.39. The van der Waals surface area contributed by atoms with E-state index in [0.717, 1.165) is 14.8 Å². The van der Waals surface area contributed by atoms with E-state index in [4.69, 9.17) is 4.74 Å². The van der Waals surface area contributed by atoms with E-state index in [1.807, 2.05) is 27.7 Å². The van der Waals surface area contributed by atoms with Gasteiger partial charge in [0.1, 0.15) is 5.60 Å². The zero-order valence-electron chi connectivity index (χ0n) is 14.4. The third-order valence-corrected chi connectivity index (χ3v) is 4.96. The van der Waals surface area contributed by atoms with Crippen molar-refractivity contribution in [2.45, 2.75) is 33.3 Å². The molecule has 6 nitrogen and oxygen atoms in total. The molecule has 0 spiro atoms. The minimum atomic E-state index is -0.929. The van der Waals surface area contributed by atoms with Gasteiger partial charge in [-0.25, -0.2) is 9.59 Å². The minimum absolute atomic E-state index is 0.287. The average Bonchev–Trinajstić information content (AvgIpc) is 2.48. The molecule has 2 rings (SSSR count). The molecule has 0 aromatic heterocycles. The molecule has 1 heterocycles. The highest BCUT2D eigenvalue weighted by atomic mass is 127. The van der Waals surface area contributed by atoms with Crippen LogP contribution in [-0.4, -0.2) is 53.8 Å². The van der Waals surface area contributed by atoms with Crippen LogP contribution in [0.4, 0.5) is 10.5 Å². The molecule has 1 aromatic carbocycles. The van der Waals surface area contributed by atoms with E-state index in [0.29, 0.717) is 26.2 Å². The number of carboxylic acid groups (broad SMARTS) is 1. The molecule has 1 saturated heterocycles. The average molecular weight is 446 g/mol. The SMILES string of the molecule is Cc1c(I)cc(C(=O)O)cc1N1CCN(C(=O)OC(C)(C)C)CC1. The van der Waals surface area contributed by atoms with Gasteiger partial charge in [0.2, 0.25) is 0 Å². The van der Waals surface area contributed by atoms with E-state index in [9.17, 15) is 14.7 Å². The summed E-state index contributed by atoms with van der Waals surface area (Å²) in [5.41, 5.74) is 1.76. The smallest absolute Gasteiger partial charge is 0.410 e. The van der Waals surface area contributed by atoms with Crippen LogP contribution in [0, 0.1) is 10.5 Å². The molecule has 0 saturated carbocycles. The second-order valence-electron chi connectivity index (χ2n) is 6.86. The van der Waals surface area contributed by atoms with Crippen molar-refractivity contribution in [1.29, 1.82) is 0 Å². The molecule has 1 N–H and O–H groups in total. The van der Waals surface area contributed by atoms with E-state index in [1.54, 1.807) is 17.0 Å². The topological polar surface area (TPSA) is 70.1 Å². The summed E-state index contributed by atoms with van der Waals surface area (Å²) in [4.78, 5) is 27.2. The van der Waals surface area contributed by atoms with Crippen LogP contribution < -0.4 is 4.90 Å². The van der Waals surface area contributed by atoms with Crippen molar-refractivity contribution in [1.82, 2.24) is 4.90 Å². The normalized spacial score (nSPS) is 15.4. The van der Waals surface area contributed by atoms with Gasteiger partial charge in [0, 0.05) is 35.4 Å². The van der Waals surface area contributed by atoms with Crippen LogP contribution in [0.2, 0.25) is 0 Å². The summed E-state index contributed by atoms with van der Waals surface area (Å²) in [5, 5.41) is 9.25. The maximum absolute atomic E-state index is 12.1. The summed E-state index contributed by atoms with van der Waals surface area (Å²) in [5.74, 6) is -0.929. The zero-order chi connectivity index (χ0) is 18.1. The maximum atomic E-state index is 12.1. The largest absolute Gasteiger partial charge is 0.478 e. The van der Waals surface area contributed by atoms with Crippen molar-refractivity contribution >= 4 is 40.3 Å². The molecule has 0 radical (unpaired) electrons. The predicted molar refractivity (Wildman–Crippen MR) is 101 cm³/mol. The number of ether oxygens (including phenoxy) is 1. The summed E-state index contributed by atoms with van der Waals surface area (Å²) in [7, 11) is 0. The fraction of sp³-hybridized carbons (Fsp3) is 0.529. The summed E-state index contributed by atoms with van der Waals surface area (Å²) in [6.07, 6.45) is -0.298. The number of hydrogen-bond donors (Lipinski definition) is 1. The molecular weight excluding hydrogens is 423 g/mol. The number of amides is 1. The van der Waals surface area contributed by atoms with E-state index in [2.05, 4.69) is 27.5 Å². The third kappa shape index (κ3) is 4.52. The van der Waals surface area contributed by atoms with Gasteiger partial charge >= 0.3 is 12.1 Å². The first-order chi connectivity index (χ1) is 11.1. The number of halogens is 1. The molecule has 132 valence electrons. The van der Waals surface area contributed by atoms with Crippen molar-refractivity contribution in [2.75, 3.05) is 31.1 Å². The van der Waals surface area contributed by atoms with Crippen LogP contribution in [0.5, 0.6) is 0 Å². The highest BCUT2D eigenvalue weighted by Crippen LogP contribution is 2.28. The minimum Gasteiger partial charge on any atom is -0.478 e. The first-order valence-corrected chi connectivity index (χ1v) is 8.92. The second kappa shape index (κ2) is 7.16. The lowest BCUT2D eigenvalue weighted by atomic mass is 10.1. The Hall–Kier alpha value is -1.51. The Morgan fingerprint density at radius 2 is 1.75 bits per heavy atom. The lowest BCUT2D eigenvalue weighted by Crippen LogP contribution is -2.50. The molecule has 7 heteroatoms. The number of anilines is 1. The molecule has 1 fully saturated rings. The van der Waals surface area contributed by atoms with Crippen LogP contribution in [0.1, 0.15) is 36.7 Å². The highest BCUT2D eigenvalue weighted by molar-refractivity contribution is 14.1.